The summed E-state index contributed by atoms with van der Waals surface area (Å²) in [4.78, 5) is 18.0. The van der Waals surface area contributed by atoms with Crippen LogP contribution in [0.4, 0.5) is 0 Å². The third-order valence-electron chi connectivity index (χ3n) is 4.17. The Balaban J connectivity index is -0.00000288. The van der Waals surface area contributed by atoms with Crippen LogP contribution in [0.2, 0.25) is 0 Å². The summed E-state index contributed by atoms with van der Waals surface area (Å²) in [5.41, 5.74) is 0. The van der Waals surface area contributed by atoms with Crippen LogP contribution in [0.5, 0.6) is 0 Å². The molecule has 0 saturated carbocycles. The van der Waals surface area contributed by atoms with Gasteiger partial charge in [-0.25, -0.2) is 4.57 Å². The molecule has 0 aliphatic heterocycles. The van der Waals surface area contributed by atoms with Gasteiger partial charge in [-0.2, -0.15) is 0 Å². The third-order valence-corrected chi connectivity index (χ3v) is 5.33. The fourth-order valence-electron chi connectivity index (χ4n) is 2.72. The van der Waals surface area contributed by atoms with Crippen molar-refractivity contribution in [2.75, 3.05) is 6.61 Å². The summed E-state index contributed by atoms with van der Waals surface area (Å²) in [7, 11) is -4.35. The maximum Gasteiger partial charge on any atom is 1.00 e. The van der Waals surface area contributed by atoms with Gasteiger partial charge in [-0.3, -0.25) is 4.52 Å². The predicted octanol–water partition coefficient (Wildman–Crippen LogP) is 3.43. The van der Waals surface area contributed by atoms with Gasteiger partial charge in [0.2, 0.25) is 0 Å². The van der Waals surface area contributed by atoms with Crippen LogP contribution in [0, 0.1) is 0 Å². The van der Waals surface area contributed by atoms with Crippen molar-refractivity contribution < 1.29 is 49.9 Å². The number of hydrogen-bond acceptors (Lipinski definition) is 4. The van der Waals surface area contributed by atoms with Gasteiger partial charge >= 0.3 is 37.4 Å². The van der Waals surface area contributed by atoms with E-state index in [9.17, 15) is 4.57 Å². The van der Waals surface area contributed by atoms with E-state index in [0.717, 1.165) is 24.1 Å². The second-order valence-corrected chi connectivity index (χ2v) is 8.71. The van der Waals surface area contributed by atoms with E-state index in [1.54, 1.807) is 0 Å². The minimum atomic E-state index is -4.35. The zero-order valence-electron chi connectivity index (χ0n) is 17.4. The summed E-state index contributed by atoms with van der Waals surface area (Å²) >= 11 is 10.0. The Bertz CT molecular complexity index is 398. The van der Waals surface area contributed by atoms with Gasteiger partial charge in [0.05, 0.1) is 6.61 Å². The molecule has 0 bridgehead atoms. The molecule has 2 N–H and O–H groups in total. The molecule has 0 rings (SSSR count). The van der Waals surface area contributed by atoms with Crippen molar-refractivity contribution in [1.82, 2.24) is 0 Å². The van der Waals surface area contributed by atoms with Crippen molar-refractivity contribution in [2.45, 2.75) is 96.3 Å². The third kappa shape index (κ3) is 25.3. The first-order valence-electron chi connectivity index (χ1n) is 9.61. The van der Waals surface area contributed by atoms with Crippen LogP contribution in [0.3, 0.4) is 0 Å². The molecule has 0 aliphatic rings. The maximum atomic E-state index is 10.5. The number of unbranched alkanes of at least 4 members (excludes halogenated alkanes) is 12. The van der Waals surface area contributed by atoms with Crippen LogP contribution >= 0.6 is 32.3 Å². The van der Waals surface area contributed by atoms with E-state index >= 15 is 0 Å². The van der Waals surface area contributed by atoms with Gasteiger partial charge in [0, 0.05) is 6.42 Å². The van der Waals surface area contributed by atoms with E-state index in [1.807, 2.05) is 5.37 Å². The van der Waals surface area contributed by atoms with E-state index in [4.69, 9.17) is 34.2 Å². The quantitative estimate of drug-likeness (QED) is 0.141. The number of hydrogen-bond donors (Lipinski definition) is 2. The Hall–Kier alpha value is 1.29. The van der Waals surface area contributed by atoms with Crippen LogP contribution in [0.1, 0.15) is 97.7 Å². The summed E-state index contributed by atoms with van der Waals surface area (Å²) in [6, 6.07) is 0. The van der Waals surface area contributed by atoms with Crippen LogP contribution in [0.15, 0.2) is 0 Å². The van der Waals surface area contributed by atoms with Crippen LogP contribution in [-0.2, 0) is 9.09 Å². The Morgan fingerprint density at radius 2 is 1.27 bits per heavy atom. The molecular formula is C18H36NaO4PS2. The molecule has 0 aromatic rings. The van der Waals surface area contributed by atoms with Gasteiger partial charge in [0.1, 0.15) is 0 Å². The zero-order chi connectivity index (χ0) is 18.8. The van der Waals surface area contributed by atoms with Crippen molar-refractivity contribution in [1.29, 1.82) is 0 Å². The Morgan fingerprint density at radius 3 is 1.69 bits per heavy atom. The average molecular weight is 435 g/mol. The maximum absolute atomic E-state index is 10.5. The standard InChI is InChI=1S/C18H35O4PS2.Na.H/c19-23(20,21)22-16-15-18(25)14-12-10-8-6-4-2-1-3-5-7-9-11-13-17-24;;/h17H,1-16H2,(H2,19,20,21);;/q;+1;-1. The summed E-state index contributed by atoms with van der Waals surface area (Å²) in [5.74, 6) is 0. The van der Waals surface area contributed by atoms with Crippen molar-refractivity contribution >= 4 is 42.5 Å². The SMILES string of the molecule is O=P(O)(O)OCCC(=S)CCCCCCCCCCCCCCC=S.[H-].[Na+]. The number of thiocarbonyl (C=S) groups is 2. The van der Waals surface area contributed by atoms with Crippen molar-refractivity contribution in [3.8, 4) is 0 Å². The Kier molecular flexibility index (Phi) is 23.8. The Morgan fingerprint density at radius 1 is 0.846 bits per heavy atom. The minimum absolute atomic E-state index is 0. The molecule has 0 aromatic heterocycles. The first-order valence-corrected chi connectivity index (χ1v) is 12.0. The number of rotatable bonds is 19. The summed E-state index contributed by atoms with van der Waals surface area (Å²) < 4.78 is 14.9. The monoisotopic (exact) mass is 434 g/mol. The average Bonchev–Trinajstić information content (AvgIpc) is 2.54. The van der Waals surface area contributed by atoms with Crippen LogP contribution in [0.25, 0.3) is 0 Å². The number of phosphoric acid groups is 1. The van der Waals surface area contributed by atoms with Crippen LogP contribution < -0.4 is 29.6 Å². The first-order chi connectivity index (χ1) is 12.0. The first kappa shape index (κ1) is 29.5. The number of phosphoric ester groups is 1. The second kappa shape index (κ2) is 21.0. The smallest absolute Gasteiger partial charge is 1.00 e. The van der Waals surface area contributed by atoms with Gasteiger partial charge in [0.25, 0.3) is 0 Å². The molecule has 0 saturated heterocycles. The van der Waals surface area contributed by atoms with Crippen LogP contribution in [-0.4, -0.2) is 26.6 Å². The summed E-state index contributed by atoms with van der Waals surface area (Å²) in [5, 5.41) is 1.84. The molecule has 0 aromatic carbocycles. The van der Waals surface area contributed by atoms with E-state index in [1.165, 1.54) is 70.6 Å². The van der Waals surface area contributed by atoms with Crippen molar-refractivity contribution in [3.05, 3.63) is 0 Å². The van der Waals surface area contributed by atoms with Gasteiger partial charge in [-0.05, 0) is 35.9 Å². The Labute approximate surface area is 194 Å². The molecule has 0 fully saturated rings. The molecule has 26 heavy (non-hydrogen) atoms. The molecule has 0 radical (unpaired) electrons. The molecular weight excluding hydrogens is 398 g/mol. The molecule has 0 unspecified atom stereocenters. The van der Waals surface area contributed by atoms with Gasteiger partial charge in [-0.15, -0.1) is 0 Å². The molecule has 0 heterocycles. The fourth-order valence-corrected chi connectivity index (χ4v) is 3.44. The summed E-state index contributed by atoms with van der Waals surface area (Å²) in [6.07, 6.45) is 17.9. The van der Waals surface area contributed by atoms with E-state index < -0.39 is 7.82 Å². The van der Waals surface area contributed by atoms with Gasteiger partial charge in [0.15, 0.2) is 0 Å². The normalized spacial score (nSPS) is 11.2. The van der Waals surface area contributed by atoms with Crippen molar-refractivity contribution in [3.63, 3.8) is 0 Å². The molecule has 0 atom stereocenters. The second-order valence-electron chi connectivity index (χ2n) is 6.56. The van der Waals surface area contributed by atoms with E-state index in [2.05, 4.69) is 4.52 Å². The van der Waals surface area contributed by atoms with E-state index in [-0.39, 0.29) is 37.6 Å². The zero-order valence-corrected chi connectivity index (χ0v) is 20.9. The molecule has 0 spiro atoms. The topological polar surface area (TPSA) is 66.8 Å². The van der Waals surface area contributed by atoms with Crippen molar-refractivity contribution in [2.24, 2.45) is 0 Å². The minimum Gasteiger partial charge on any atom is -1.00 e. The molecule has 0 amide bonds. The van der Waals surface area contributed by atoms with E-state index in [0.29, 0.717) is 6.42 Å². The molecule has 0 aliphatic carbocycles. The molecule has 4 nitrogen and oxygen atoms in total. The fraction of sp³-hybridized carbons (Fsp3) is 0.889. The molecule has 8 heteroatoms. The largest absolute Gasteiger partial charge is 1.00 e. The predicted molar refractivity (Wildman–Crippen MR) is 115 cm³/mol. The van der Waals surface area contributed by atoms with Gasteiger partial charge in [-0.1, -0.05) is 88.6 Å². The van der Waals surface area contributed by atoms with Gasteiger partial charge < -0.3 is 11.2 Å². The summed E-state index contributed by atoms with van der Waals surface area (Å²) in [6.45, 7) is 0.00943. The molecule has 150 valence electrons.